The third-order valence-corrected chi connectivity index (χ3v) is 4.61. The highest BCUT2D eigenvalue weighted by Crippen LogP contribution is 2.25. The summed E-state index contributed by atoms with van der Waals surface area (Å²) in [6, 6.07) is 10.1. The third kappa shape index (κ3) is 4.21. The largest absolute Gasteiger partial charge is 0.325 e. The molecule has 5 nitrogen and oxygen atoms in total. The van der Waals surface area contributed by atoms with Crippen LogP contribution in [0.3, 0.4) is 0 Å². The van der Waals surface area contributed by atoms with Crippen LogP contribution in [0.15, 0.2) is 52.0 Å². The molecule has 1 N–H and O–H groups in total. The normalized spacial score (nSPS) is 10.8. The number of hydrogen-bond acceptors (Lipinski definition) is 3. The summed E-state index contributed by atoms with van der Waals surface area (Å²) in [6.45, 7) is 0.214. The van der Waals surface area contributed by atoms with Gasteiger partial charge in [-0.25, -0.2) is 4.98 Å². The fraction of sp³-hybridized carbons (Fsp3) is 0.118. The van der Waals surface area contributed by atoms with Crippen molar-refractivity contribution in [2.75, 3.05) is 5.32 Å². The molecule has 8 heteroatoms. The first-order valence-electron chi connectivity index (χ1n) is 7.33. The lowest BCUT2D eigenvalue weighted by atomic mass is 10.2. The van der Waals surface area contributed by atoms with E-state index in [0.717, 1.165) is 4.47 Å². The van der Waals surface area contributed by atoms with Crippen molar-refractivity contribution in [1.29, 1.82) is 0 Å². The predicted molar refractivity (Wildman–Crippen MR) is 103 cm³/mol. The van der Waals surface area contributed by atoms with Crippen LogP contribution in [0.4, 0.5) is 5.69 Å². The molecule has 0 radical (unpaired) electrons. The zero-order valence-electron chi connectivity index (χ0n) is 12.8. The molecule has 0 fully saturated rings. The second-order valence-electron chi connectivity index (χ2n) is 5.33. The monoisotopic (exact) mass is 439 g/mol. The van der Waals surface area contributed by atoms with E-state index >= 15 is 0 Å². The third-order valence-electron chi connectivity index (χ3n) is 3.57. The average Bonchev–Trinajstić information content (AvgIpc) is 2.57. The number of carbonyl (C=O) groups is 1. The highest BCUT2D eigenvalue weighted by Gasteiger charge is 2.09. The summed E-state index contributed by atoms with van der Waals surface area (Å²) in [6.07, 6.45) is 1.56. The molecule has 128 valence electrons. The molecule has 0 atom stereocenters. The second kappa shape index (κ2) is 7.56. The van der Waals surface area contributed by atoms with Gasteiger partial charge in [0.15, 0.2) is 0 Å². The zero-order valence-corrected chi connectivity index (χ0v) is 15.9. The molecule has 3 rings (SSSR count). The minimum atomic E-state index is -0.259. The highest BCUT2D eigenvalue weighted by molar-refractivity contribution is 9.10. The maximum atomic E-state index is 12.5. The number of nitrogens with one attached hydrogen (secondary N) is 1. The van der Waals surface area contributed by atoms with Crippen LogP contribution in [0.5, 0.6) is 0 Å². The van der Waals surface area contributed by atoms with E-state index < -0.39 is 0 Å². The molecule has 0 aliphatic carbocycles. The van der Waals surface area contributed by atoms with E-state index in [0.29, 0.717) is 26.6 Å². The smallest absolute Gasteiger partial charge is 0.261 e. The van der Waals surface area contributed by atoms with Crippen LogP contribution in [0.1, 0.15) is 6.42 Å². The van der Waals surface area contributed by atoms with Gasteiger partial charge in [-0.15, -0.1) is 0 Å². The topological polar surface area (TPSA) is 64.0 Å². The maximum Gasteiger partial charge on any atom is 0.261 e. The standard InChI is InChI=1S/C17H12BrCl2N3O2/c18-10-1-3-14-12(7-10)17(25)23(9-21-14)6-5-16(24)22-15-4-2-11(19)8-13(15)20/h1-4,7-9H,5-6H2,(H,22,24). The summed E-state index contributed by atoms with van der Waals surface area (Å²) in [7, 11) is 0. The molecule has 1 heterocycles. The molecular weight excluding hydrogens is 429 g/mol. The van der Waals surface area contributed by atoms with Crippen LogP contribution in [-0.2, 0) is 11.3 Å². The Morgan fingerprint density at radius 2 is 2.00 bits per heavy atom. The minimum absolute atomic E-state index is 0.111. The van der Waals surface area contributed by atoms with Crippen LogP contribution in [-0.4, -0.2) is 15.5 Å². The number of nitrogens with zero attached hydrogens (tertiary/aromatic N) is 2. The number of rotatable bonds is 4. The molecule has 0 aliphatic rings. The lowest BCUT2D eigenvalue weighted by Gasteiger charge is -2.09. The van der Waals surface area contributed by atoms with Gasteiger partial charge in [-0.1, -0.05) is 39.1 Å². The van der Waals surface area contributed by atoms with Gasteiger partial charge < -0.3 is 5.32 Å². The maximum absolute atomic E-state index is 12.5. The van der Waals surface area contributed by atoms with E-state index in [1.165, 1.54) is 10.9 Å². The van der Waals surface area contributed by atoms with Crippen molar-refractivity contribution in [3.05, 3.63) is 67.6 Å². The SMILES string of the molecule is O=C(CCn1cnc2ccc(Br)cc2c1=O)Nc1ccc(Cl)cc1Cl. The summed E-state index contributed by atoms with van der Waals surface area (Å²) in [5.74, 6) is -0.259. The molecule has 1 amide bonds. The van der Waals surface area contributed by atoms with Crippen molar-refractivity contribution in [3.63, 3.8) is 0 Å². The van der Waals surface area contributed by atoms with Crippen LogP contribution >= 0.6 is 39.1 Å². The molecule has 0 spiro atoms. The van der Waals surface area contributed by atoms with Gasteiger partial charge in [0.05, 0.1) is 27.9 Å². The number of aryl methyl sites for hydroxylation is 1. The first kappa shape index (κ1) is 17.9. The fourth-order valence-electron chi connectivity index (χ4n) is 2.32. The van der Waals surface area contributed by atoms with E-state index in [-0.39, 0.29) is 24.4 Å². The minimum Gasteiger partial charge on any atom is -0.325 e. The number of benzene rings is 2. The van der Waals surface area contributed by atoms with Crippen LogP contribution in [0.25, 0.3) is 10.9 Å². The lowest BCUT2D eigenvalue weighted by molar-refractivity contribution is -0.116. The molecule has 0 bridgehead atoms. The Morgan fingerprint density at radius 1 is 1.20 bits per heavy atom. The van der Waals surface area contributed by atoms with Gasteiger partial charge in [0.2, 0.25) is 5.91 Å². The predicted octanol–water partition coefficient (Wildman–Crippen LogP) is 4.49. The summed E-state index contributed by atoms with van der Waals surface area (Å²) in [5.41, 5.74) is 0.898. The van der Waals surface area contributed by atoms with Gasteiger partial charge in [0.1, 0.15) is 0 Å². The van der Waals surface area contributed by atoms with Crippen molar-refractivity contribution in [1.82, 2.24) is 9.55 Å². The van der Waals surface area contributed by atoms with E-state index in [4.69, 9.17) is 23.2 Å². The lowest BCUT2D eigenvalue weighted by Crippen LogP contribution is -2.23. The van der Waals surface area contributed by atoms with Crippen molar-refractivity contribution in [3.8, 4) is 0 Å². The number of hydrogen-bond donors (Lipinski definition) is 1. The molecule has 25 heavy (non-hydrogen) atoms. The number of anilines is 1. The van der Waals surface area contributed by atoms with Crippen LogP contribution in [0.2, 0.25) is 10.0 Å². The highest BCUT2D eigenvalue weighted by atomic mass is 79.9. The first-order valence-corrected chi connectivity index (χ1v) is 8.88. The van der Waals surface area contributed by atoms with E-state index in [1.54, 1.807) is 30.3 Å². The van der Waals surface area contributed by atoms with Gasteiger partial charge in [0.25, 0.3) is 5.56 Å². The molecule has 2 aromatic carbocycles. The average molecular weight is 441 g/mol. The van der Waals surface area contributed by atoms with Crippen molar-refractivity contribution < 1.29 is 4.79 Å². The Hall–Kier alpha value is -1.89. The summed E-state index contributed by atoms with van der Waals surface area (Å²) >= 11 is 15.2. The Labute approximate surface area is 161 Å². The van der Waals surface area contributed by atoms with Crippen molar-refractivity contribution >= 4 is 61.6 Å². The quantitative estimate of drug-likeness (QED) is 0.649. The number of amides is 1. The van der Waals surface area contributed by atoms with Gasteiger partial charge in [0, 0.05) is 22.5 Å². The molecule has 1 aromatic heterocycles. The molecule has 3 aromatic rings. The van der Waals surface area contributed by atoms with Gasteiger partial charge >= 0.3 is 0 Å². The molecule has 0 saturated heterocycles. The summed E-state index contributed by atoms with van der Waals surface area (Å²) < 4.78 is 2.21. The van der Waals surface area contributed by atoms with E-state index in [1.807, 2.05) is 6.07 Å². The number of aromatic nitrogens is 2. The molecule has 0 aliphatic heterocycles. The Kier molecular flexibility index (Phi) is 5.42. The van der Waals surface area contributed by atoms with Crippen molar-refractivity contribution in [2.45, 2.75) is 13.0 Å². The Balaban J connectivity index is 1.73. The van der Waals surface area contributed by atoms with E-state index in [2.05, 4.69) is 26.2 Å². The van der Waals surface area contributed by atoms with Gasteiger partial charge in [-0.3, -0.25) is 14.2 Å². The Morgan fingerprint density at radius 3 is 2.76 bits per heavy atom. The molecular formula is C17H12BrCl2N3O2. The van der Waals surface area contributed by atoms with Gasteiger partial charge in [-0.05, 0) is 36.4 Å². The van der Waals surface area contributed by atoms with Crippen molar-refractivity contribution in [2.24, 2.45) is 0 Å². The second-order valence-corrected chi connectivity index (χ2v) is 7.09. The van der Waals surface area contributed by atoms with E-state index in [9.17, 15) is 9.59 Å². The zero-order chi connectivity index (χ0) is 18.0. The molecule has 0 saturated carbocycles. The number of fused-ring (bicyclic) bond motifs is 1. The van der Waals surface area contributed by atoms with Crippen LogP contribution < -0.4 is 10.9 Å². The fourth-order valence-corrected chi connectivity index (χ4v) is 3.13. The summed E-state index contributed by atoms with van der Waals surface area (Å²) in [5, 5.41) is 4.04. The number of halogens is 3. The number of carbonyl (C=O) groups excluding carboxylic acids is 1. The van der Waals surface area contributed by atoms with Crippen LogP contribution in [0, 0.1) is 0 Å². The van der Waals surface area contributed by atoms with Gasteiger partial charge in [-0.2, -0.15) is 0 Å². The Bertz CT molecular complexity index is 1020. The first-order chi connectivity index (χ1) is 11.9. The molecule has 0 unspecified atom stereocenters. The summed E-state index contributed by atoms with van der Waals surface area (Å²) in [4.78, 5) is 28.8.